The van der Waals surface area contributed by atoms with Crippen molar-refractivity contribution < 1.29 is 19.1 Å². The van der Waals surface area contributed by atoms with E-state index in [1.807, 2.05) is 13.8 Å². The first kappa shape index (κ1) is 19.7. The number of furan rings is 1. The standard InChI is InChI=1S/C18H21N5O4S/c1-11-16(28-12(2)20-11)17(24)19-7-4-3-5-14-10-23(22-21-14)9-13-6-8-27-15(13)18(25)26/h6,8,10H,3-5,7,9H2,1-2H3,(H,19,24)(H,25,26). The molecule has 0 aromatic carbocycles. The van der Waals surface area contributed by atoms with Gasteiger partial charge in [0.25, 0.3) is 5.91 Å². The largest absolute Gasteiger partial charge is 0.475 e. The fraction of sp³-hybridized carbons (Fsp3) is 0.389. The van der Waals surface area contributed by atoms with Crippen molar-refractivity contribution in [3.8, 4) is 0 Å². The van der Waals surface area contributed by atoms with Crippen LogP contribution in [0.3, 0.4) is 0 Å². The van der Waals surface area contributed by atoms with Crippen LogP contribution in [-0.4, -0.2) is 43.5 Å². The van der Waals surface area contributed by atoms with Gasteiger partial charge < -0.3 is 14.8 Å². The van der Waals surface area contributed by atoms with Gasteiger partial charge in [0, 0.05) is 18.3 Å². The van der Waals surface area contributed by atoms with E-state index in [1.54, 1.807) is 16.9 Å². The highest BCUT2D eigenvalue weighted by atomic mass is 32.1. The number of nitrogens with zero attached hydrogens (tertiary/aromatic N) is 4. The molecule has 3 aromatic rings. The second-order valence-corrected chi connectivity index (χ2v) is 7.55. The minimum atomic E-state index is -1.11. The molecular formula is C18H21N5O4S. The fourth-order valence-electron chi connectivity index (χ4n) is 2.81. The number of aryl methyl sites for hydroxylation is 3. The normalized spacial score (nSPS) is 10.9. The van der Waals surface area contributed by atoms with Crippen LogP contribution in [0.2, 0.25) is 0 Å². The molecule has 0 radical (unpaired) electrons. The zero-order chi connectivity index (χ0) is 20.1. The number of aromatic carboxylic acids is 1. The Morgan fingerprint density at radius 3 is 2.86 bits per heavy atom. The van der Waals surface area contributed by atoms with E-state index in [1.165, 1.54) is 17.6 Å². The predicted molar refractivity (Wildman–Crippen MR) is 102 cm³/mol. The van der Waals surface area contributed by atoms with Crippen molar-refractivity contribution in [3.63, 3.8) is 0 Å². The molecule has 2 N–H and O–H groups in total. The molecule has 9 nitrogen and oxygen atoms in total. The molecule has 3 rings (SSSR count). The summed E-state index contributed by atoms with van der Waals surface area (Å²) in [6.07, 6.45) is 5.54. The fourth-order valence-corrected chi connectivity index (χ4v) is 3.64. The first-order valence-electron chi connectivity index (χ1n) is 8.85. The van der Waals surface area contributed by atoms with Crippen LogP contribution in [0.4, 0.5) is 0 Å². The Bertz CT molecular complexity index is 974. The molecule has 0 aliphatic heterocycles. The Morgan fingerprint density at radius 2 is 2.14 bits per heavy atom. The minimum absolute atomic E-state index is 0.0802. The summed E-state index contributed by atoms with van der Waals surface area (Å²) >= 11 is 1.40. The number of hydrogen-bond donors (Lipinski definition) is 2. The molecule has 0 saturated carbocycles. The number of unbranched alkanes of at least 4 members (excludes halogenated alkanes) is 1. The van der Waals surface area contributed by atoms with Gasteiger partial charge in [0.05, 0.1) is 29.2 Å². The number of hydrogen-bond acceptors (Lipinski definition) is 7. The molecule has 0 bridgehead atoms. The molecule has 3 heterocycles. The summed E-state index contributed by atoms with van der Waals surface area (Å²) in [4.78, 5) is 28.1. The van der Waals surface area contributed by atoms with Gasteiger partial charge in [0.2, 0.25) is 5.76 Å². The number of carbonyl (C=O) groups is 2. The molecule has 10 heteroatoms. The summed E-state index contributed by atoms with van der Waals surface area (Å²) < 4.78 is 6.54. The third kappa shape index (κ3) is 4.83. The highest BCUT2D eigenvalue weighted by molar-refractivity contribution is 7.13. The van der Waals surface area contributed by atoms with Gasteiger partial charge in [-0.2, -0.15) is 0 Å². The molecule has 0 fully saturated rings. The summed E-state index contributed by atoms with van der Waals surface area (Å²) in [5.74, 6) is -1.27. The topological polar surface area (TPSA) is 123 Å². The molecule has 1 amide bonds. The number of carboxylic acid groups (broad SMARTS) is 1. The first-order valence-corrected chi connectivity index (χ1v) is 9.66. The lowest BCUT2D eigenvalue weighted by molar-refractivity contribution is 0.0660. The van der Waals surface area contributed by atoms with Gasteiger partial charge >= 0.3 is 5.97 Å². The van der Waals surface area contributed by atoms with E-state index in [-0.39, 0.29) is 18.2 Å². The second-order valence-electron chi connectivity index (χ2n) is 6.35. The van der Waals surface area contributed by atoms with E-state index in [9.17, 15) is 9.59 Å². The van der Waals surface area contributed by atoms with Gasteiger partial charge in [0.15, 0.2) is 0 Å². The van der Waals surface area contributed by atoms with Gasteiger partial charge in [-0.25, -0.2) is 14.5 Å². The van der Waals surface area contributed by atoms with Crippen LogP contribution in [0.5, 0.6) is 0 Å². The average Bonchev–Trinajstić information content (AvgIpc) is 3.35. The molecule has 0 spiro atoms. The SMILES string of the molecule is Cc1nc(C)c(C(=O)NCCCCc2cn(Cc3ccoc3C(=O)O)nn2)s1. The Morgan fingerprint density at radius 1 is 1.32 bits per heavy atom. The summed E-state index contributed by atoms with van der Waals surface area (Å²) in [6.45, 7) is 4.59. The molecular weight excluding hydrogens is 382 g/mol. The quantitative estimate of drug-likeness (QED) is 0.526. The van der Waals surface area contributed by atoms with Crippen LogP contribution in [0.1, 0.15) is 55.0 Å². The molecule has 148 valence electrons. The van der Waals surface area contributed by atoms with Crippen molar-refractivity contribution in [1.29, 1.82) is 0 Å². The monoisotopic (exact) mass is 403 g/mol. The average molecular weight is 403 g/mol. The number of carbonyl (C=O) groups excluding carboxylic acids is 1. The Hall–Kier alpha value is -3.01. The van der Waals surface area contributed by atoms with Crippen molar-refractivity contribution in [2.75, 3.05) is 6.54 Å². The molecule has 0 saturated heterocycles. The first-order chi connectivity index (χ1) is 13.4. The summed E-state index contributed by atoms with van der Waals surface area (Å²) in [6, 6.07) is 1.61. The third-order valence-corrected chi connectivity index (χ3v) is 5.19. The van der Waals surface area contributed by atoms with Crippen molar-refractivity contribution in [1.82, 2.24) is 25.3 Å². The smallest absolute Gasteiger partial charge is 0.372 e. The predicted octanol–water partition coefficient (Wildman–Crippen LogP) is 2.44. The number of nitrogens with one attached hydrogen (secondary N) is 1. The zero-order valence-electron chi connectivity index (χ0n) is 15.6. The lowest BCUT2D eigenvalue weighted by Gasteiger charge is -2.03. The van der Waals surface area contributed by atoms with Crippen LogP contribution < -0.4 is 5.32 Å². The van der Waals surface area contributed by atoms with Gasteiger partial charge in [-0.15, -0.1) is 16.4 Å². The maximum absolute atomic E-state index is 12.1. The maximum atomic E-state index is 12.1. The number of carboxylic acids is 1. The Balaban J connectivity index is 1.41. The molecule has 0 aliphatic carbocycles. The van der Waals surface area contributed by atoms with E-state index in [0.29, 0.717) is 17.0 Å². The number of amides is 1. The summed E-state index contributed by atoms with van der Waals surface area (Å²) in [5, 5.41) is 21.0. The van der Waals surface area contributed by atoms with Crippen LogP contribution in [0, 0.1) is 13.8 Å². The molecule has 0 unspecified atom stereocenters. The summed E-state index contributed by atoms with van der Waals surface area (Å²) in [5.41, 5.74) is 2.13. The van der Waals surface area contributed by atoms with Crippen molar-refractivity contribution in [2.24, 2.45) is 0 Å². The minimum Gasteiger partial charge on any atom is -0.475 e. The van der Waals surface area contributed by atoms with E-state index in [0.717, 1.165) is 35.7 Å². The van der Waals surface area contributed by atoms with E-state index in [2.05, 4.69) is 20.6 Å². The number of aromatic nitrogens is 4. The molecule has 28 heavy (non-hydrogen) atoms. The lowest BCUT2D eigenvalue weighted by atomic mass is 10.2. The molecule has 0 aliphatic rings. The Labute approximate surface area is 165 Å². The number of thiazole rings is 1. The van der Waals surface area contributed by atoms with Gasteiger partial charge in [-0.1, -0.05) is 5.21 Å². The van der Waals surface area contributed by atoms with Crippen LogP contribution >= 0.6 is 11.3 Å². The highest BCUT2D eigenvalue weighted by Gasteiger charge is 2.15. The van der Waals surface area contributed by atoms with Gasteiger partial charge in [0.1, 0.15) is 4.88 Å². The van der Waals surface area contributed by atoms with Crippen molar-refractivity contribution in [2.45, 2.75) is 39.7 Å². The highest BCUT2D eigenvalue weighted by Crippen LogP contribution is 2.16. The van der Waals surface area contributed by atoms with Gasteiger partial charge in [-0.3, -0.25) is 4.79 Å². The van der Waals surface area contributed by atoms with E-state index in [4.69, 9.17) is 9.52 Å². The van der Waals surface area contributed by atoms with Crippen LogP contribution in [-0.2, 0) is 13.0 Å². The number of rotatable bonds is 9. The zero-order valence-corrected chi connectivity index (χ0v) is 16.5. The van der Waals surface area contributed by atoms with Crippen molar-refractivity contribution >= 4 is 23.2 Å². The van der Waals surface area contributed by atoms with Gasteiger partial charge in [-0.05, 0) is 39.2 Å². The van der Waals surface area contributed by atoms with Crippen molar-refractivity contribution in [3.05, 3.63) is 51.1 Å². The lowest BCUT2D eigenvalue weighted by Crippen LogP contribution is -2.24. The van der Waals surface area contributed by atoms with Crippen LogP contribution in [0.15, 0.2) is 22.9 Å². The van der Waals surface area contributed by atoms with E-state index >= 15 is 0 Å². The maximum Gasteiger partial charge on any atom is 0.372 e. The molecule has 3 aromatic heterocycles. The van der Waals surface area contributed by atoms with Crippen LogP contribution in [0.25, 0.3) is 0 Å². The second kappa shape index (κ2) is 8.79. The molecule has 0 atom stereocenters. The summed E-state index contributed by atoms with van der Waals surface area (Å²) in [7, 11) is 0. The third-order valence-electron chi connectivity index (χ3n) is 4.11. The Kier molecular flexibility index (Phi) is 6.19. The van der Waals surface area contributed by atoms with E-state index < -0.39 is 5.97 Å².